The Hall–Kier alpha value is -2.54. The number of nitrogens with two attached hydrogens (primary N) is 1. The quantitative estimate of drug-likeness (QED) is 0.386. The molecule has 0 bridgehead atoms. The number of carbonyl (C=O) groups excluding carboxylic acids is 1. The van der Waals surface area contributed by atoms with Crippen molar-refractivity contribution in [3.05, 3.63) is 86.2 Å². The van der Waals surface area contributed by atoms with Crippen molar-refractivity contribution in [2.24, 2.45) is 5.41 Å². The van der Waals surface area contributed by atoms with E-state index in [0.29, 0.717) is 27.6 Å². The van der Waals surface area contributed by atoms with E-state index >= 15 is 0 Å². The van der Waals surface area contributed by atoms with Gasteiger partial charge in [0.25, 0.3) is 0 Å². The third kappa shape index (κ3) is 5.29. The number of hydrogen-bond donors (Lipinski definition) is 1. The van der Waals surface area contributed by atoms with Crippen molar-refractivity contribution in [2.45, 2.75) is 34.1 Å². The number of nitrogen functional groups attached to an aromatic ring is 1. The highest BCUT2D eigenvalue weighted by Gasteiger charge is 2.26. The Balaban J connectivity index is 2.08. The fourth-order valence-corrected chi connectivity index (χ4v) is 4.11. The molecule has 1 heterocycles. The number of thiophene rings is 1. The summed E-state index contributed by atoms with van der Waals surface area (Å²) in [5.41, 5.74) is 10.5. The molecule has 0 aliphatic rings. The van der Waals surface area contributed by atoms with E-state index in [9.17, 15) is 4.79 Å². The van der Waals surface area contributed by atoms with E-state index in [2.05, 4.69) is 32.6 Å². The van der Waals surface area contributed by atoms with E-state index in [0.717, 1.165) is 16.0 Å². The highest BCUT2D eigenvalue weighted by molar-refractivity contribution is 7.17. The lowest BCUT2D eigenvalue weighted by Crippen LogP contribution is -2.14. The molecule has 4 heteroatoms. The largest absolute Gasteiger partial charge is 0.390 e. The van der Waals surface area contributed by atoms with Crippen LogP contribution in [-0.2, 0) is 6.42 Å². The molecule has 0 unspecified atom stereocenters. The zero-order valence-corrected chi connectivity index (χ0v) is 18.7. The second kappa shape index (κ2) is 8.45. The van der Waals surface area contributed by atoms with Gasteiger partial charge in [0.15, 0.2) is 5.78 Å². The Bertz CT molecular complexity index is 1090. The fraction of sp³-hybridized carbons (Fsp3) is 0.240. The van der Waals surface area contributed by atoms with Crippen LogP contribution in [0.1, 0.15) is 58.3 Å². The number of anilines is 1. The van der Waals surface area contributed by atoms with Crippen molar-refractivity contribution in [3.63, 3.8) is 0 Å². The maximum Gasteiger partial charge on any atom is 0.196 e. The molecule has 3 rings (SSSR count). The van der Waals surface area contributed by atoms with Crippen LogP contribution in [0.2, 0.25) is 5.02 Å². The molecule has 1 aromatic heterocycles. The number of aryl methyl sites for hydroxylation is 1. The van der Waals surface area contributed by atoms with Crippen LogP contribution in [0, 0.1) is 24.2 Å². The average molecular weight is 422 g/mol. The molecule has 2 N–H and O–H groups in total. The minimum absolute atomic E-state index is 0.0111. The van der Waals surface area contributed by atoms with E-state index in [4.69, 9.17) is 17.3 Å². The third-order valence-corrected chi connectivity index (χ3v) is 5.68. The van der Waals surface area contributed by atoms with Gasteiger partial charge in [0, 0.05) is 16.1 Å². The third-order valence-electron chi connectivity index (χ3n) is 4.45. The van der Waals surface area contributed by atoms with Crippen molar-refractivity contribution < 1.29 is 4.79 Å². The molecule has 0 radical (unpaired) electrons. The maximum atomic E-state index is 13.2. The number of ketones is 1. The summed E-state index contributed by atoms with van der Waals surface area (Å²) in [6.07, 6.45) is 0.716. The van der Waals surface area contributed by atoms with Crippen molar-refractivity contribution in [1.29, 1.82) is 0 Å². The summed E-state index contributed by atoms with van der Waals surface area (Å²) >= 11 is 7.36. The summed E-state index contributed by atoms with van der Waals surface area (Å²) in [5.74, 6) is 6.40. The molecule has 29 heavy (non-hydrogen) atoms. The van der Waals surface area contributed by atoms with Crippen LogP contribution in [0.4, 0.5) is 5.00 Å². The van der Waals surface area contributed by atoms with Gasteiger partial charge in [-0.15, -0.1) is 11.3 Å². The first kappa shape index (κ1) is 21.2. The molecule has 148 valence electrons. The van der Waals surface area contributed by atoms with Crippen LogP contribution in [-0.4, -0.2) is 5.78 Å². The lowest BCUT2D eigenvalue weighted by molar-refractivity contribution is 0.103. The van der Waals surface area contributed by atoms with E-state index in [1.54, 1.807) is 24.3 Å². The highest BCUT2D eigenvalue weighted by Crippen LogP contribution is 2.36. The smallest absolute Gasteiger partial charge is 0.196 e. The number of benzene rings is 2. The van der Waals surface area contributed by atoms with Crippen LogP contribution in [0.3, 0.4) is 0 Å². The summed E-state index contributed by atoms with van der Waals surface area (Å²) in [6, 6.07) is 15.0. The number of halogens is 1. The zero-order chi connectivity index (χ0) is 21.2. The van der Waals surface area contributed by atoms with E-state index in [1.165, 1.54) is 16.9 Å². The van der Waals surface area contributed by atoms with E-state index in [1.807, 2.05) is 31.2 Å². The summed E-state index contributed by atoms with van der Waals surface area (Å²) in [6.45, 7) is 8.49. The average Bonchev–Trinajstić information content (AvgIpc) is 2.94. The summed E-state index contributed by atoms with van der Waals surface area (Å²) in [5, 5.41) is 1.11. The van der Waals surface area contributed by atoms with Gasteiger partial charge in [-0.25, -0.2) is 0 Å². The molecule has 2 aromatic carbocycles. The molecule has 0 saturated carbocycles. The Kier molecular flexibility index (Phi) is 6.17. The fourth-order valence-electron chi connectivity index (χ4n) is 3.05. The van der Waals surface area contributed by atoms with E-state index < -0.39 is 0 Å². The van der Waals surface area contributed by atoms with Crippen LogP contribution in [0.5, 0.6) is 0 Å². The zero-order valence-electron chi connectivity index (χ0n) is 17.1. The van der Waals surface area contributed by atoms with Gasteiger partial charge in [-0.2, -0.15) is 0 Å². The van der Waals surface area contributed by atoms with Gasteiger partial charge in [-0.05, 0) is 60.7 Å². The minimum Gasteiger partial charge on any atom is -0.390 e. The Morgan fingerprint density at radius 2 is 1.66 bits per heavy atom. The molecule has 0 saturated heterocycles. The SMILES string of the molecule is Cc1ccc(C#Cc2sc(N)c(C(=O)c3ccc(Cl)cc3)c2CC(C)(C)C)cc1. The Morgan fingerprint density at radius 1 is 1.03 bits per heavy atom. The molecular formula is C25H24ClNOS. The van der Waals surface area contributed by atoms with Gasteiger partial charge in [-0.1, -0.05) is 61.9 Å². The minimum atomic E-state index is -0.0851. The number of hydrogen-bond acceptors (Lipinski definition) is 3. The first-order valence-electron chi connectivity index (χ1n) is 9.44. The van der Waals surface area contributed by atoms with Crippen LogP contribution in [0.25, 0.3) is 0 Å². The molecule has 0 spiro atoms. The van der Waals surface area contributed by atoms with Crippen molar-refractivity contribution in [3.8, 4) is 11.8 Å². The molecule has 0 fully saturated rings. The molecule has 2 nitrogen and oxygen atoms in total. The maximum absolute atomic E-state index is 13.2. The van der Waals surface area contributed by atoms with Crippen molar-refractivity contribution in [2.75, 3.05) is 5.73 Å². The first-order chi connectivity index (χ1) is 13.6. The van der Waals surface area contributed by atoms with Crippen molar-refractivity contribution in [1.82, 2.24) is 0 Å². The van der Waals surface area contributed by atoms with E-state index in [-0.39, 0.29) is 11.2 Å². The Morgan fingerprint density at radius 3 is 2.24 bits per heavy atom. The van der Waals surface area contributed by atoms with Crippen LogP contribution in [0.15, 0.2) is 48.5 Å². The summed E-state index contributed by atoms with van der Waals surface area (Å²) in [7, 11) is 0. The van der Waals surface area contributed by atoms with Gasteiger partial charge in [0.2, 0.25) is 0 Å². The second-order valence-corrected chi connectivity index (χ2v) is 9.83. The lowest BCUT2D eigenvalue weighted by atomic mass is 9.85. The molecule has 0 aliphatic heterocycles. The van der Waals surface area contributed by atoms with Gasteiger partial charge in [-0.3, -0.25) is 4.79 Å². The molecule has 3 aromatic rings. The van der Waals surface area contributed by atoms with Crippen LogP contribution < -0.4 is 5.73 Å². The predicted octanol–water partition coefficient (Wildman–Crippen LogP) is 6.51. The monoisotopic (exact) mass is 421 g/mol. The topological polar surface area (TPSA) is 43.1 Å². The number of rotatable bonds is 3. The molecule has 0 atom stereocenters. The normalized spacial score (nSPS) is 11.1. The summed E-state index contributed by atoms with van der Waals surface area (Å²) in [4.78, 5) is 14.1. The van der Waals surface area contributed by atoms with Crippen LogP contribution >= 0.6 is 22.9 Å². The van der Waals surface area contributed by atoms with Gasteiger partial charge >= 0.3 is 0 Å². The summed E-state index contributed by atoms with van der Waals surface area (Å²) < 4.78 is 0. The second-order valence-electron chi connectivity index (χ2n) is 8.34. The predicted molar refractivity (Wildman–Crippen MR) is 124 cm³/mol. The Labute approximate surface area is 181 Å². The van der Waals surface area contributed by atoms with Gasteiger partial charge in [0.1, 0.15) is 0 Å². The van der Waals surface area contributed by atoms with Gasteiger partial charge < -0.3 is 5.73 Å². The standard InChI is InChI=1S/C25H24ClNOS/c1-16-5-7-17(8-6-16)9-14-21-20(15-25(2,3)4)22(24(27)29-21)23(28)18-10-12-19(26)13-11-18/h5-8,10-13H,15,27H2,1-4H3. The first-order valence-corrected chi connectivity index (χ1v) is 10.6. The number of carbonyl (C=O) groups is 1. The molecule has 0 aliphatic carbocycles. The lowest BCUT2D eigenvalue weighted by Gasteiger charge is -2.19. The molecular weight excluding hydrogens is 398 g/mol. The van der Waals surface area contributed by atoms with Crippen molar-refractivity contribution >= 4 is 33.7 Å². The van der Waals surface area contributed by atoms with Gasteiger partial charge in [0.05, 0.1) is 15.4 Å². The molecule has 0 amide bonds. The highest BCUT2D eigenvalue weighted by atomic mass is 35.5.